The van der Waals surface area contributed by atoms with Crippen molar-refractivity contribution in [3.63, 3.8) is 0 Å². The van der Waals surface area contributed by atoms with E-state index in [1.165, 1.54) is 12.8 Å². The fraction of sp³-hybridized carbons (Fsp3) is 0.500. The number of ether oxygens (including phenoxy) is 1. The minimum absolute atomic E-state index is 0.569. The highest BCUT2D eigenvalue weighted by molar-refractivity contribution is 5.68. The Hall–Kier alpha value is -1.65. The van der Waals surface area contributed by atoms with Gasteiger partial charge >= 0.3 is 0 Å². The third-order valence-electron chi connectivity index (χ3n) is 2.13. The van der Waals surface area contributed by atoms with E-state index in [9.17, 15) is 0 Å². The molecule has 0 aromatic carbocycles. The van der Waals surface area contributed by atoms with Crippen LogP contribution in [0.25, 0.3) is 11.2 Å². The molecule has 5 heteroatoms. The van der Waals surface area contributed by atoms with Crippen LogP contribution < -0.4 is 4.74 Å². The Bertz CT molecular complexity index is 426. The van der Waals surface area contributed by atoms with Gasteiger partial charge in [-0.2, -0.15) is 5.10 Å². The van der Waals surface area contributed by atoms with Crippen LogP contribution in [0, 0.1) is 0 Å². The van der Waals surface area contributed by atoms with E-state index in [0.29, 0.717) is 18.1 Å². The number of aromatic nitrogens is 4. The predicted octanol–water partition coefficient (Wildman–Crippen LogP) is 1.92. The summed E-state index contributed by atoms with van der Waals surface area (Å²) in [5, 5.41) is 6.59. The topological polar surface area (TPSA) is 63.7 Å². The van der Waals surface area contributed by atoms with Gasteiger partial charge in [-0.05, 0) is 6.42 Å². The highest BCUT2D eigenvalue weighted by atomic mass is 16.5. The lowest BCUT2D eigenvalue weighted by atomic mass is 10.3. The number of rotatable bonds is 5. The number of nitrogens with zero attached hydrogens (tertiary/aromatic N) is 3. The van der Waals surface area contributed by atoms with Crippen molar-refractivity contribution in [1.29, 1.82) is 0 Å². The minimum Gasteiger partial charge on any atom is -0.477 e. The van der Waals surface area contributed by atoms with Crippen LogP contribution in [-0.4, -0.2) is 26.8 Å². The van der Waals surface area contributed by atoms with Crippen LogP contribution in [0.5, 0.6) is 5.88 Å². The fourth-order valence-corrected chi connectivity index (χ4v) is 1.32. The van der Waals surface area contributed by atoms with Crippen LogP contribution in [0.4, 0.5) is 0 Å². The zero-order valence-corrected chi connectivity index (χ0v) is 8.73. The number of nitrogens with one attached hydrogen (secondary N) is 1. The Morgan fingerprint density at radius 3 is 3.13 bits per heavy atom. The van der Waals surface area contributed by atoms with Crippen molar-refractivity contribution in [3.8, 4) is 5.88 Å². The smallest absolute Gasteiger partial charge is 0.233 e. The Balaban J connectivity index is 1.96. The molecule has 2 aromatic rings. The van der Waals surface area contributed by atoms with Crippen molar-refractivity contribution in [3.05, 3.63) is 12.4 Å². The molecule has 0 saturated heterocycles. The number of unbranched alkanes of at least 4 members (excludes halogenated alkanes) is 2. The van der Waals surface area contributed by atoms with E-state index in [2.05, 4.69) is 27.1 Å². The normalized spacial score (nSPS) is 10.7. The summed E-state index contributed by atoms with van der Waals surface area (Å²) < 4.78 is 5.47. The molecular weight excluding hydrogens is 192 g/mol. The predicted molar refractivity (Wildman–Crippen MR) is 56.7 cm³/mol. The number of H-pyrrole nitrogens is 1. The SMILES string of the molecule is CCCCCOc1cnc2[nH]ncc2n1. The van der Waals surface area contributed by atoms with Crippen LogP contribution in [0.2, 0.25) is 0 Å². The molecule has 5 nitrogen and oxygen atoms in total. The van der Waals surface area contributed by atoms with Gasteiger partial charge in [0.15, 0.2) is 5.65 Å². The molecule has 0 spiro atoms. The molecule has 80 valence electrons. The van der Waals surface area contributed by atoms with Gasteiger partial charge in [0.05, 0.1) is 19.0 Å². The summed E-state index contributed by atoms with van der Waals surface area (Å²) in [5.74, 6) is 0.569. The molecule has 2 heterocycles. The maximum absolute atomic E-state index is 5.47. The van der Waals surface area contributed by atoms with Crippen molar-refractivity contribution in [2.24, 2.45) is 0 Å². The molecule has 2 rings (SSSR count). The first-order valence-corrected chi connectivity index (χ1v) is 5.19. The second-order valence-electron chi connectivity index (χ2n) is 3.37. The monoisotopic (exact) mass is 206 g/mol. The van der Waals surface area contributed by atoms with Gasteiger partial charge in [-0.1, -0.05) is 19.8 Å². The van der Waals surface area contributed by atoms with E-state index in [4.69, 9.17) is 4.74 Å². The molecule has 0 atom stereocenters. The number of hydrogen-bond donors (Lipinski definition) is 1. The summed E-state index contributed by atoms with van der Waals surface area (Å²) in [7, 11) is 0. The number of aromatic amines is 1. The van der Waals surface area contributed by atoms with Gasteiger partial charge in [-0.15, -0.1) is 0 Å². The van der Waals surface area contributed by atoms with Crippen LogP contribution in [0.1, 0.15) is 26.2 Å². The molecule has 0 radical (unpaired) electrons. The molecule has 0 aliphatic carbocycles. The van der Waals surface area contributed by atoms with Gasteiger partial charge in [0.2, 0.25) is 5.88 Å². The van der Waals surface area contributed by atoms with Crippen molar-refractivity contribution in [2.45, 2.75) is 26.2 Å². The molecule has 0 aliphatic rings. The molecule has 0 saturated carbocycles. The van der Waals surface area contributed by atoms with Crippen LogP contribution in [-0.2, 0) is 0 Å². The first-order valence-electron chi connectivity index (χ1n) is 5.19. The fourth-order valence-electron chi connectivity index (χ4n) is 1.32. The zero-order chi connectivity index (χ0) is 10.5. The minimum atomic E-state index is 0.569. The average Bonchev–Trinajstić information content (AvgIpc) is 2.71. The highest BCUT2D eigenvalue weighted by Crippen LogP contribution is 2.10. The summed E-state index contributed by atoms with van der Waals surface area (Å²) in [6, 6.07) is 0. The summed E-state index contributed by atoms with van der Waals surface area (Å²) >= 11 is 0. The van der Waals surface area contributed by atoms with E-state index in [-0.39, 0.29) is 0 Å². The molecule has 0 unspecified atom stereocenters. The van der Waals surface area contributed by atoms with Crippen LogP contribution in [0.15, 0.2) is 12.4 Å². The molecule has 15 heavy (non-hydrogen) atoms. The molecule has 0 fully saturated rings. The lowest BCUT2D eigenvalue weighted by Crippen LogP contribution is -1.99. The lowest BCUT2D eigenvalue weighted by molar-refractivity contribution is 0.295. The van der Waals surface area contributed by atoms with Gasteiger partial charge in [0, 0.05) is 0 Å². The molecule has 0 amide bonds. The molecule has 1 N–H and O–H groups in total. The van der Waals surface area contributed by atoms with E-state index in [1.54, 1.807) is 12.4 Å². The second-order valence-corrected chi connectivity index (χ2v) is 3.37. The van der Waals surface area contributed by atoms with Gasteiger partial charge in [-0.25, -0.2) is 9.97 Å². The van der Waals surface area contributed by atoms with E-state index < -0.39 is 0 Å². The molecular formula is C10H14N4O. The van der Waals surface area contributed by atoms with E-state index in [0.717, 1.165) is 11.9 Å². The summed E-state index contributed by atoms with van der Waals surface area (Å²) in [6.45, 7) is 2.86. The van der Waals surface area contributed by atoms with Crippen molar-refractivity contribution >= 4 is 11.2 Å². The second kappa shape index (κ2) is 4.72. The lowest BCUT2D eigenvalue weighted by Gasteiger charge is -2.03. The zero-order valence-electron chi connectivity index (χ0n) is 8.73. The largest absolute Gasteiger partial charge is 0.477 e. The Morgan fingerprint density at radius 2 is 2.27 bits per heavy atom. The first kappa shape index (κ1) is 9.89. The van der Waals surface area contributed by atoms with Crippen molar-refractivity contribution < 1.29 is 4.74 Å². The van der Waals surface area contributed by atoms with Gasteiger partial charge < -0.3 is 4.74 Å². The van der Waals surface area contributed by atoms with Gasteiger partial charge in [0.1, 0.15) is 5.52 Å². The van der Waals surface area contributed by atoms with E-state index in [1.807, 2.05) is 0 Å². The standard InChI is InChI=1S/C10H14N4O/c1-2-3-4-5-15-9-7-11-10-8(13-9)6-12-14-10/h6-7H,2-5H2,1H3,(H,11,12,14). The average molecular weight is 206 g/mol. The van der Waals surface area contributed by atoms with Crippen LogP contribution in [0.3, 0.4) is 0 Å². The maximum atomic E-state index is 5.47. The van der Waals surface area contributed by atoms with Crippen LogP contribution >= 0.6 is 0 Å². The molecule has 0 aliphatic heterocycles. The molecule has 2 aromatic heterocycles. The maximum Gasteiger partial charge on any atom is 0.233 e. The highest BCUT2D eigenvalue weighted by Gasteiger charge is 2.01. The third kappa shape index (κ3) is 2.43. The Labute approximate surface area is 87.9 Å². The van der Waals surface area contributed by atoms with Crippen molar-refractivity contribution in [2.75, 3.05) is 6.61 Å². The Kier molecular flexibility index (Phi) is 3.11. The summed E-state index contributed by atoms with van der Waals surface area (Å²) in [6.07, 6.45) is 6.69. The summed E-state index contributed by atoms with van der Waals surface area (Å²) in [5.41, 5.74) is 1.43. The molecule has 0 bridgehead atoms. The quantitative estimate of drug-likeness (QED) is 0.759. The van der Waals surface area contributed by atoms with Gasteiger partial charge in [0.25, 0.3) is 0 Å². The number of fused-ring (bicyclic) bond motifs is 1. The number of hydrogen-bond acceptors (Lipinski definition) is 4. The van der Waals surface area contributed by atoms with E-state index >= 15 is 0 Å². The third-order valence-corrected chi connectivity index (χ3v) is 2.13. The van der Waals surface area contributed by atoms with Gasteiger partial charge in [-0.3, -0.25) is 5.10 Å². The summed E-state index contributed by atoms with van der Waals surface area (Å²) in [4.78, 5) is 8.39. The van der Waals surface area contributed by atoms with Crippen molar-refractivity contribution in [1.82, 2.24) is 20.2 Å². The first-order chi connectivity index (χ1) is 7.40. The Morgan fingerprint density at radius 1 is 1.33 bits per heavy atom.